The number of nitrogens with zero attached hydrogens (tertiary/aromatic N) is 1. The number of hydrogen-bond donors (Lipinski definition) is 1. The maximum Gasteiger partial charge on any atom is 0.0870 e. The highest BCUT2D eigenvalue weighted by atomic mass is 79.9. The van der Waals surface area contributed by atoms with Crippen LogP contribution in [-0.4, -0.2) is 11.5 Å². The van der Waals surface area contributed by atoms with Gasteiger partial charge in [-0.1, -0.05) is 39.8 Å². The van der Waals surface area contributed by atoms with Gasteiger partial charge in [-0.15, -0.1) is 0 Å². The second kappa shape index (κ2) is 5.72. The molecule has 2 aromatic rings. The molecule has 0 spiro atoms. The molecule has 0 atom stereocenters. The fourth-order valence-corrected chi connectivity index (χ4v) is 2.58. The predicted molar refractivity (Wildman–Crippen MR) is 91.7 cm³/mol. The summed E-state index contributed by atoms with van der Waals surface area (Å²) in [6.07, 6.45) is 1.11. The molecule has 0 radical (unpaired) electrons. The van der Waals surface area contributed by atoms with Crippen molar-refractivity contribution in [1.29, 1.82) is 0 Å². The number of aryl methyl sites for hydroxylation is 1. The van der Waals surface area contributed by atoms with Crippen LogP contribution in [0.15, 0.2) is 22.7 Å². The first-order chi connectivity index (χ1) is 9.34. The van der Waals surface area contributed by atoms with Crippen LogP contribution in [0.2, 0.25) is 0 Å². The SMILES string of the molecule is CCCNc1cc(C(C)(C)C)nc2c(Br)c(C)ccc12. The minimum Gasteiger partial charge on any atom is -0.384 e. The van der Waals surface area contributed by atoms with Gasteiger partial charge in [-0.2, -0.15) is 0 Å². The lowest BCUT2D eigenvalue weighted by atomic mass is 9.90. The minimum atomic E-state index is 0.0417. The van der Waals surface area contributed by atoms with Crippen molar-refractivity contribution in [2.45, 2.75) is 46.5 Å². The lowest BCUT2D eigenvalue weighted by Gasteiger charge is -2.21. The largest absolute Gasteiger partial charge is 0.384 e. The average molecular weight is 335 g/mol. The summed E-state index contributed by atoms with van der Waals surface area (Å²) in [5.41, 5.74) is 4.62. The maximum absolute atomic E-state index is 4.89. The summed E-state index contributed by atoms with van der Waals surface area (Å²) in [7, 11) is 0. The van der Waals surface area contributed by atoms with Gasteiger partial charge in [0, 0.05) is 33.2 Å². The normalized spacial score (nSPS) is 11.9. The van der Waals surface area contributed by atoms with E-state index in [0.29, 0.717) is 0 Å². The first-order valence-corrected chi connectivity index (χ1v) is 7.98. The van der Waals surface area contributed by atoms with E-state index in [1.54, 1.807) is 0 Å². The van der Waals surface area contributed by atoms with Crippen LogP contribution in [0, 0.1) is 6.92 Å². The van der Waals surface area contributed by atoms with E-state index in [0.717, 1.165) is 28.6 Å². The van der Waals surface area contributed by atoms with E-state index in [9.17, 15) is 0 Å². The summed E-state index contributed by atoms with van der Waals surface area (Å²) in [4.78, 5) is 4.89. The van der Waals surface area contributed by atoms with Crippen LogP contribution < -0.4 is 5.32 Å². The molecule has 0 saturated carbocycles. The molecule has 108 valence electrons. The van der Waals surface area contributed by atoms with Crippen LogP contribution in [-0.2, 0) is 5.41 Å². The van der Waals surface area contributed by atoms with Gasteiger partial charge in [-0.05, 0) is 40.9 Å². The summed E-state index contributed by atoms with van der Waals surface area (Å²) >= 11 is 3.69. The summed E-state index contributed by atoms with van der Waals surface area (Å²) in [6.45, 7) is 11.9. The smallest absolute Gasteiger partial charge is 0.0870 e. The molecule has 0 saturated heterocycles. The van der Waals surface area contributed by atoms with Crippen molar-refractivity contribution in [2.24, 2.45) is 0 Å². The van der Waals surface area contributed by atoms with E-state index in [4.69, 9.17) is 4.98 Å². The van der Waals surface area contributed by atoms with E-state index in [-0.39, 0.29) is 5.41 Å². The molecule has 1 heterocycles. The number of anilines is 1. The summed E-state index contributed by atoms with van der Waals surface area (Å²) in [6, 6.07) is 6.49. The van der Waals surface area contributed by atoms with E-state index in [1.165, 1.54) is 16.6 Å². The first-order valence-electron chi connectivity index (χ1n) is 7.18. The molecule has 0 bridgehead atoms. The van der Waals surface area contributed by atoms with Gasteiger partial charge >= 0.3 is 0 Å². The number of fused-ring (bicyclic) bond motifs is 1. The molecule has 2 rings (SSSR count). The molecule has 0 unspecified atom stereocenters. The number of hydrogen-bond acceptors (Lipinski definition) is 2. The molecular weight excluding hydrogens is 312 g/mol. The number of halogens is 1. The number of pyridine rings is 1. The second-order valence-corrected chi connectivity index (χ2v) is 7.12. The van der Waals surface area contributed by atoms with Gasteiger partial charge in [-0.3, -0.25) is 4.98 Å². The molecule has 0 fully saturated rings. The Morgan fingerprint density at radius 2 is 1.95 bits per heavy atom. The highest BCUT2D eigenvalue weighted by molar-refractivity contribution is 9.10. The van der Waals surface area contributed by atoms with Crippen molar-refractivity contribution >= 4 is 32.5 Å². The second-order valence-electron chi connectivity index (χ2n) is 6.32. The fraction of sp³-hybridized carbons (Fsp3) is 0.471. The molecule has 1 N–H and O–H groups in total. The van der Waals surface area contributed by atoms with Crippen LogP contribution in [0.1, 0.15) is 45.4 Å². The Hall–Kier alpha value is -1.09. The third-order valence-electron chi connectivity index (χ3n) is 3.45. The summed E-state index contributed by atoms with van der Waals surface area (Å²) in [5, 5.41) is 4.72. The Kier molecular flexibility index (Phi) is 4.38. The minimum absolute atomic E-state index is 0.0417. The van der Waals surface area contributed by atoms with Crippen molar-refractivity contribution in [2.75, 3.05) is 11.9 Å². The molecule has 20 heavy (non-hydrogen) atoms. The average Bonchev–Trinajstić information content (AvgIpc) is 2.39. The zero-order chi connectivity index (χ0) is 14.9. The van der Waals surface area contributed by atoms with Crippen LogP contribution in [0.5, 0.6) is 0 Å². The third kappa shape index (κ3) is 2.98. The molecule has 0 aliphatic carbocycles. The number of rotatable bonds is 3. The van der Waals surface area contributed by atoms with Gasteiger partial charge in [0.1, 0.15) is 0 Å². The van der Waals surface area contributed by atoms with Crippen molar-refractivity contribution in [3.8, 4) is 0 Å². The Morgan fingerprint density at radius 1 is 1.25 bits per heavy atom. The maximum atomic E-state index is 4.89. The van der Waals surface area contributed by atoms with E-state index >= 15 is 0 Å². The van der Waals surface area contributed by atoms with Crippen molar-refractivity contribution in [1.82, 2.24) is 4.98 Å². The lowest BCUT2D eigenvalue weighted by molar-refractivity contribution is 0.571. The van der Waals surface area contributed by atoms with Crippen molar-refractivity contribution < 1.29 is 0 Å². The number of aromatic nitrogens is 1. The Balaban J connectivity index is 2.71. The van der Waals surface area contributed by atoms with Gasteiger partial charge in [0.15, 0.2) is 0 Å². The molecular formula is C17H23BrN2. The first kappa shape index (κ1) is 15.3. The Labute approximate surface area is 130 Å². The van der Waals surface area contributed by atoms with Gasteiger partial charge in [-0.25, -0.2) is 0 Å². The van der Waals surface area contributed by atoms with Crippen LogP contribution in [0.25, 0.3) is 10.9 Å². The highest BCUT2D eigenvalue weighted by Crippen LogP contribution is 2.34. The van der Waals surface area contributed by atoms with E-state index in [2.05, 4.69) is 74.1 Å². The van der Waals surface area contributed by atoms with Crippen molar-refractivity contribution in [3.63, 3.8) is 0 Å². The molecule has 0 aliphatic heterocycles. The topological polar surface area (TPSA) is 24.9 Å². The molecule has 0 amide bonds. The summed E-state index contributed by atoms with van der Waals surface area (Å²) in [5.74, 6) is 0. The number of nitrogens with one attached hydrogen (secondary N) is 1. The van der Waals surface area contributed by atoms with Gasteiger partial charge in [0.05, 0.1) is 5.52 Å². The van der Waals surface area contributed by atoms with Crippen LogP contribution in [0.4, 0.5) is 5.69 Å². The Morgan fingerprint density at radius 3 is 2.55 bits per heavy atom. The van der Waals surface area contributed by atoms with Gasteiger partial charge in [0.25, 0.3) is 0 Å². The van der Waals surface area contributed by atoms with E-state index in [1.807, 2.05) is 0 Å². The zero-order valence-corrected chi connectivity index (χ0v) is 14.6. The fourth-order valence-electron chi connectivity index (χ4n) is 2.15. The van der Waals surface area contributed by atoms with Crippen LogP contribution in [0.3, 0.4) is 0 Å². The highest BCUT2D eigenvalue weighted by Gasteiger charge is 2.19. The van der Waals surface area contributed by atoms with Crippen LogP contribution >= 0.6 is 15.9 Å². The molecule has 1 aromatic carbocycles. The lowest BCUT2D eigenvalue weighted by Crippen LogP contribution is -2.15. The summed E-state index contributed by atoms with van der Waals surface area (Å²) < 4.78 is 1.10. The molecule has 0 aliphatic rings. The quantitative estimate of drug-likeness (QED) is 0.809. The molecule has 3 heteroatoms. The molecule has 1 aromatic heterocycles. The zero-order valence-electron chi connectivity index (χ0n) is 13.0. The predicted octanol–water partition coefficient (Wildman–Crippen LogP) is 5.43. The van der Waals surface area contributed by atoms with Crippen molar-refractivity contribution in [3.05, 3.63) is 33.9 Å². The van der Waals surface area contributed by atoms with E-state index < -0.39 is 0 Å². The standard InChI is InChI=1S/C17H23BrN2/c1-6-9-19-13-10-14(17(3,4)5)20-16-12(13)8-7-11(2)15(16)18/h7-8,10H,6,9H2,1-5H3,(H,19,20). The molecule has 2 nitrogen and oxygen atoms in total. The number of benzene rings is 1. The monoisotopic (exact) mass is 334 g/mol. The van der Waals surface area contributed by atoms with Gasteiger partial charge in [0.2, 0.25) is 0 Å². The Bertz CT molecular complexity index is 627. The third-order valence-corrected chi connectivity index (χ3v) is 4.45. The van der Waals surface area contributed by atoms with Gasteiger partial charge < -0.3 is 5.32 Å².